The van der Waals surface area contributed by atoms with Crippen LogP contribution in [0.2, 0.25) is 0 Å². The minimum atomic E-state index is -3.46. The summed E-state index contributed by atoms with van der Waals surface area (Å²) in [5, 5.41) is 0. The molecule has 1 unspecified atom stereocenters. The summed E-state index contributed by atoms with van der Waals surface area (Å²) in [5.74, 6) is -0.883. The Labute approximate surface area is 133 Å². The van der Waals surface area contributed by atoms with E-state index in [2.05, 4.69) is 15.9 Å². The lowest BCUT2D eigenvalue weighted by atomic mass is 10.2. The van der Waals surface area contributed by atoms with E-state index >= 15 is 0 Å². The van der Waals surface area contributed by atoms with Gasteiger partial charge in [-0.1, -0.05) is 22.9 Å². The zero-order chi connectivity index (χ0) is 15.6. The summed E-state index contributed by atoms with van der Waals surface area (Å²) in [4.78, 5) is 14.2. The number of nitrogens with zero attached hydrogens (tertiary/aromatic N) is 1. The number of benzene rings is 1. The van der Waals surface area contributed by atoms with Crippen molar-refractivity contribution < 1.29 is 13.2 Å². The maximum atomic E-state index is 12.3. The van der Waals surface area contributed by atoms with E-state index in [1.807, 2.05) is 0 Å². The summed E-state index contributed by atoms with van der Waals surface area (Å²) in [6.45, 7) is 2.78. The second kappa shape index (κ2) is 6.46. The molecule has 7 heteroatoms. The minimum absolute atomic E-state index is 0.00392. The number of sulfone groups is 1. The molecule has 116 valence electrons. The van der Waals surface area contributed by atoms with Crippen molar-refractivity contribution in [1.29, 1.82) is 0 Å². The Morgan fingerprint density at radius 3 is 2.57 bits per heavy atom. The number of carbonyl (C=O) groups is 1. The first-order chi connectivity index (χ1) is 9.79. The van der Waals surface area contributed by atoms with Gasteiger partial charge in [-0.25, -0.2) is 8.42 Å². The SMILES string of the molecule is CC(CS(=O)(=O)c1ccc(Br)cc1)C(=O)N1CC[C@H](N)C1. The smallest absolute Gasteiger partial charge is 0.226 e. The van der Waals surface area contributed by atoms with Crippen LogP contribution in [-0.4, -0.2) is 44.1 Å². The van der Waals surface area contributed by atoms with Gasteiger partial charge in [0.25, 0.3) is 0 Å². The molecular weight excluding hydrogens is 356 g/mol. The van der Waals surface area contributed by atoms with Crippen molar-refractivity contribution in [2.24, 2.45) is 11.7 Å². The monoisotopic (exact) mass is 374 g/mol. The lowest BCUT2D eigenvalue weighted by Crippen LogP contribution is -2.37. The number of nitrogens with two attached hydrogens (primary N) is 1. The predicted octanol–water partition coefficient (Wildman–Crippen LogP) is 1.42. The van der Waals surface area contributed by atoms with E-state index in [1.165, 1.54) is 0 Å². The van der Waals surface area contributed by atoms with Crippen molar-refractivity contribution in [3.8, 4) is 0 Å². The third-order valence-electron chi connectivity index (χ3n) is 3.60. The van der Waals surface area contributed by atoms with Crippen LogP contribution in [0.5, 0.6) is 0 Å². The van der Waals surface area contributed by atoms with Crippen molar-refractivity contribution in [3.63, 3.8) is 0 Å². The fourth-order valence-corrected chi connectivity index (χ4v) is 4.25. The van der Waals surface area contributed by atoms with Crippen molar-refractivity contribution in [2.45, 2.75) is 24.3 Å². The van der Waals surface area contributed by atoms with Crippen LogP contribution in [0.1, 0.15) is 13.3 Å². The summed E-state index contributed by atoms with van der Waals surface area (Å²) < 4.78 is 25.5. The maximum absolute atomic E-state index is 12.3. The number of carbonyl (C=O) groups excluding carboxylic acids is 1. The Morgan fingerprint density at radius 1 is 1.43 bits per heavy atom. The largest absolute Gasteiger partial charge is 0.341 e. The third-order valence-corrected chi connectivity index (χ3v) is 6.06. The number of likely N-dealkylation sites (tertiary alicyclic amines) is 1. The van der Waals surface area contributed by atoms with Gasteiger partial charge in [-0.05, 0) is 30.7 Å². The number of amides is 1. The van der Waals surface area contributed by atoms with Gasteiger partial charge in [-0.2, -0.15) is 0 Å². The van der Waals surface area contributed by atoms with E-state index in [9.17, 15) is 13.2 Å². The predicted molar refractivity (Wildman–Crippen MR) is 84.5 cm³/mol. The van der Waals surface area contributed by atoms with Crippen molar-refractivity contribution in [2.75, 3.05) is 18.8 Å². The van der Waals surface area contributed by atoms with Gasteiger partial charge in [-0.3, -0.25) is 4.79 Å². The fourth-order valence-electron chi connectivity index (χ4n) is 2.44. The van der Waals surface area contributed by atoms with Gasteiger partial charge in [0.1, 0.15) is 0 Å². The molecule has 1 saturated heterocycles. The van der Waals surface area contributed by atoms with E-state index in [4.69, 9.17) is 5.73 Å². The molecule has 0 radical (unpaired) electrons. The lowest BCUT2D eigenvalue weighted by Gasteiger charge is -2.20. The first kappa shape index (κ1) is 16.5. The number of hydrogen-bond donors (Lipinski definition) is 1. The van der Waals surface area contributed by atoms with Gasteiger partial charge in [-0.15, -0.1) is 0 Å². The van der Waals surface area contributed by atoms with Crippen LogP contribution in [0.25, 0.3) is 0 Å². The molecule has 5 nitrogen and oxygen atoms in total. The fraction of sp³-hybridized carbons (Fsp3) is 0.500. The average molecular weight is 375 g/mol. The molecule has 1 fully saturated rings. The molecule has 1 aromatic rings. The Kier molecular flexibility index (Phi) is 5.06. The standard InChI is InChI=1S/C14H19BrN2O3S/c1-10(14(18)17-7-6-12(16)8-17)9-21(19,20)13-4-2-11(15)3-5-13/h2-5,10,12H,6-9,16H2,1H3/t10?,12-/m0/s1. The highest BCUT2D eigenvalue weighted by molar-refractivity contribution is 9.10. The highest BCUT2D eigenvalue weighted by atomic mass is 79.9. The molecule has 21 heavy (non-hydrogen) atoms. The summed E-state index contributed by atoms with van der Waals surface area (Å²) >= 11 is 3.27. The van der Waals surface area contributed by atoms with Gasteiger partial charge in [0.15, 0.2) is 9.84 Å². The molecule has 1 heterocycles. The normalized spacial score (nSPS) is 20.5. The van der Waals surface area contributed by atoms with Crippen molar-refractivity contribution in [3.05, 3.63) is 28.7 Å². The van der Waals surface area contributed by atoms with Crippen molar-refractivity contribution in [1.82, 2.24) is 4.90 Å². The molecule has 0 bridgehead atoms. The molecule has 1 aliphatic heterocycles. The molecule has 1 aromatic carbocycles. The first-order valence-electron chi connectivity index (χ1n) is 6.82. The van der Waals surface area contributed by atoms with Crippen LogP contribution < -0.4 is 5.73 Å². The Balaban J connectivity index is 2.05. The molecule has 2 atom stereocenters. The van der Waals surface area contributed by atoms with Crippen LogP contribution in [0.15, 0.2) is 33.6 Å². The van der Waals surface area contributed by atoms with Crippen molar-refractivity contribution >= 4 is 31.7 Å². The number of rotatable bonds is 4. The molecule has 1 aliphatic rings. The zero-order valence-corrected chi connectivity index (χ0v) is 14.2. The van der Waals surface area contributed by atoms with Crippen LogP contribution in [0.3, 0.4) is 0 Å². The maximum Gasteiger partial charge on any atom is 0.226 e. The Morgan fingerprint density at radius 2 is 2.05 bits per heavy atom. The van der Waals surface area contributed by atoms with Crippen LogP contribution in [0, 0.1) is 5.92 Å². The van der Waals surface area contributed by atoms with E-state index in [-0.39, 0.29) is 22.6 Å². The van der Waals surface area contributed by atoms with Crippen LogP contribution >= 0.6 is 15.9 Å². The molecule has 0 saturated carbocycles. The molecule has 1 amide bonds. The number of halogens is 1. The zero-order valence-electron chi connectivity index (χ0n) is 11.8. The van der Waals surface area contributed by atoms with Gasteiger partial charge in [0.2, 0.25) is 5.91 Å². The van der Waals surface area contributed by atoms with E-state index < -0.39 is 15.8 Å². The second-order valence-electron chi connectivity index (χ2n) is 5.47. The molecule has 2 N–H and O–H groups in total. The van der Waals surface area contributed by atoms with Crippen LogP contribution in [-0.2, 0) is 14.6 Å². The third kappa shape index (κ3) is 4.05. The Hall–Kier alpha value is -0.920. The summed E-state index contributed by atoms with van der Waals surface area (Å²) in [6.07, 6.45) is 0.776. The summed E-state index contributed by atoms with van der Waals surface area (Å²) in [7, 11) is -3.46. The highest BCUT2D eigenvalue weighted by Crippen LogP contribution is 2.19. The minimum Gasteiger partial charge on any atom is -0.341 e. The molecule has 0 aliphatic carbocycles. The summed E-state index contributed by atoms with van der Waals surface area (Å²) in [5.41, 5.74) is 5.78. The topological polar surface area (TPSA) is 80.5 Å². The van der Waals surface area contributed by atoms with E-state index in [0.29, 0.717) is 13.1 Å². The van der Waals surface area contributed by atoms with Gasteiger partial charge < -0.3 is 10.6 Å². The van der Waals surface area contributed by atoms with Gasteiger partial charge in [0, 0.05) is 29.5 Å². The van der Waals surface area contributed by atoms with Gasteiger partial charge in [0.05, 0.1) is 10.6 Å². The van der Waals surface area contributed by atoms with E-state index in [1.54, 1.807) is 36.1 Å². The second-order valence-corrected chi connectivity index (χ2v) is 8.42. The molecule has 0 spiro atoms. The van der Waals surface area contributed by atoms with Gasteiger partial charge >= 0.3 is 0 Å². The molecule has 0 aromatic heterocycles. The quantitative estimate of drug-likeness (QED) is 0.863. The lowest BCUT2D eigenvalue weighted by molar-refractivity contribution is -0.133. The highest BCUT2D eigenvalue weighted by Gasteiger charge is 2.30. The molecular formula is C14H19BrN2O3S. The average Bonchev–Trinajstić information content (AvgIpc) is 2.84. The Bertz CT molecular complexity index is 616. The first-order valence-corrected chi connectivity index (χ1v) is 9.27. The van der Waals surface area contributed by atoms with Crippen LogP contribution in [0.4, 0.5) is 0 Å². The number of hydrogen-bond acceptors (Lipinski definition) is 4. The molecule has 2 rings (SSSR count). The van der Waals surface area contributed by atoms with E-state index in [0.717, 1.165) is 10.9 Å². The summed E-state index contributed by atoms with van der Waals surface area (Å²) in [6, 6.07) is 6.45.